The van der Waals surface area contributed by atoms with Crippen LogP contribution in [0, 0.1) is 46.3 Å². The van der Waals surface area contributed by atoms with Crippen molar-refractivity contribution in [1.82, 2.24) is 0 Å². The number of rotatable bonds is 2. The minimum absolute atomic E-state index is 0.825. The molecule has 2 spiro atoms. The largest absolute Gasteiger partial charge is 0.0625 e. The molecule has 160 valence electrons. The molecule has 5 aliphatic rings. The lowest BCUT2D eigenvalue weighted by molar-refractivity contribution is -0.109. The summed E-state index contributed by atoms with van der Waals surface area (Å²) in [6.45, 7) is 4.95. The van der Waals surface area contributed by atoms with Gasteiger partial charge in [-0.2, -0.15) is 0 Å². The Morgan fingerprint density at radius 3 is 1.00 bits per heavy atom. The molecule has 0 heterocycles. The van der Waals surface area contributed by atoms with Crippen molar-refractivity contribution in [2.45, 2.75) is 129 Å². The molecule has 0 unspecified atom stereocenters. The minimum atomic E-state index is 0.825. The highest BCUT2D eigenvalue weighted by Crippen LogP contribution is 2.67. The second kappa shape index (κ2) is 7.92. The van der Waals surface area contributed by atoms with Crippen molar-refractivity contribution in [1.29, 1.82) is 0 Å². The molecule has 0 nitrogen and oxygen atoms in total. The van der Waals surface area contributed by atoms with Crippen LogP contribution in [0.25, 0.3) is 0 Å². The van der Waals surface area contributed by atoms with Gasteiger partial charge < -0.3 is 0 Å². The fourth-order valence-corrected chi connectivity index (χ4v) is 9.21. The van der Waals surface area contributed by atoms with Crippen LogP contribution in [0.2, 0.25) is 0 Å². The van der Waals surface area contributed by atoms with Crippen molar-refractivity contribution in [3.8, 4) is 0 Å². The van der Waals surface area contributed by atoms with E-state index < -0.39 is 0 Å². The first-order chi connectivity index (χ1) is 13.5. The zero-order valence-corrected chi connectivity index (χ0v) is 19.2. The third-order valence-corrected chi connectivity index (χ3v) is 11.1. The van der Waals surface area contributed by atoms with E-state index in [0.29, 0.717) is 0 Å². The molecule has 5 fully saturated rings. The highest BCUT2D eigenvalue weighted by Gasteiger charge is 2.56. The molecule has 5 aliphatic carbocycles. The molecule has 0 bridgehead atoms. The third kappa shape index (κ3) is 3.97. The van der Waals surface area contributed by atoms with Gasteiger partial charge in [-0.15, -0.1) is 0 Å². The second-order valence-electron chi connectivity index (χ2n) is 13.1. The predicted molar refractivity (Wildman–Crippen MR) is 120 cm³/mol. The van der Waals surface area contributed by atoms with Gasteiger partial charge in [0, 0.05) is 0 Å². The standard InChI is InChI=1S/C28H48/c1-21-3-7-23(8-4-21)25-11-15-27(16-12-25)19-28(20-27)17-13-26(14-18-28)24-9-5-22(2)6-10-24/h21-26H,3-20H2,1-2H3. The molecule has 0 radical (unpaired) electrons. The SMILES string of the molecule is CC1CCC(C2CCC3(CC2)CC2(CCC(C4CCC(C)CC4)CC2)C3)CC1. The van der Waals surface area contributed by atoms with E-state index in [2.05, 4.69) is 13.8 Å². The van der Waals surface area contributed by atoms with Crippen LogP contribution in [0.4, 0.5) is 0 Å². The van der Waals surface area contributed by atoms with Crippen LogP contribution in [0.1, 0.15) is 129 Å². The zero-order chi connectivity index (χ0) is 19.2. The molecule has 0 amide bonds. The number of hydrogen-bond donors (Lipinski definition) is 0. The summed E-state index contributed by atoms with van der Waals surface area (Å²) in [7, 11) is 0. The number of hydrogen-bond acceptors (Lipinski definition) is 0. The Labute approximate surface area is 176 Å². The first-order valence-electron chi connectivity index (χ1n) is 13.5. The normalized spacial score (nSPS) is 52.5. The van der Waals surface area contributed by atoms with E-state index in [-0.39, 0.29) is 0 Å². The van der Waals surface area contributed by atoms with Crippen LogP contribution >= 0.6 is 0 Å². The summed E-state index contributed by atoms with van der Waals surface area (Å²) in [6, 6.07) is 0. The zero-order valence-electron chi connectivity index (χ0n) is 19.2. The fourth-order valence-electron chi connectivity index (χ4n) is 9.21. The first-order valence-corrected chi connectivity index (χ1v) is 13.5. The van der Waals surface area contributed by atoms with Gasteiger partial charge in [0.2, 0.25) is 0 Å². The van der Waals surface area contributed by atoms with Crippen LogP contribution in [0.5, 0.6) is 0 Å². The highest BCUT2D eigenvalue weighted by atomic mass is 14.6. The van der Waals surface area contributed by atoms with Crippen molar-refractivity contribution in [2.75, 3.05) is 0 Å². The summed E-state index contributed by atoms with van der Waals surface area (Å²) < 4.78 is 0. The molecular formula is C28H48. The van der Waals surface area contributed by atoms with Gasteiger partial charge in [-0.3, -0.25) is 0 Å². The van der Waals surface area contributed by atoms with Crippen LogP contribution in [0.15, 0.2) is 0 Å². The summed E-state index contributed by atoms with van der Waals surface area (Å²) in [5.41, 5.74) is 1.65. The summed E-state index contributed by atoms with van der Waals surface area (Å²) in [6.07, 6.45) is 28.4. The molecule has 0 aromatic heterocycles. The fraction of sp³-hybridized carbons (Fsp3) is 1.00. The average Bonchev–Trinajstić information content (AvgIpc) is 2.70. The Morgan fingerprint density at radius 2 is 0.679 bits per heavy atom. The molecule has 5 saturated carbocycles. The highest BCUT2D eigenvalue weighted by molar-refractivity contribution is 5.07. The first kappa shape index (κ1) is 19.9. The van der Waals surface area contributed by atoms with Gasteiger partial charge in [-0.05, 0) is 136 Å². The van der Waals surface area contributed by atoms with Crippen molar-refractivity contribution >= 4 is 0 Å². The maximum absolute atomic E-state index is 2.48. The van der Waals surface area contributed by atoms with Crippen molar-refractivity contribution < 1.29 is 0 Å². The quantitative estimate of drug-likeness (QED) is 0.446. The summed E-state index contributed by atoms with van der Waals surface area (Å²) in [4.78, 5) is 0. The molecule has 0 aliphatic heterocycles. The van der Waals surface area contributed by atoms with Gasteiger partial charge in [0.1, 0.15) is 0 Å². The maximum Gasteiger partial charge on any atom is -0.0287 e. The van der Waals surface area contributed by atoms with Crippen molar-refractivity contribution in [2.24, 2.45) is 46.3 Å². The van der Waals surface area contributed by atoms with E-state index in [0.717, 1.165) is 46.3 Å². The summed E-state index contributed by atoms with van der Waals surface area (Å²) in [5.74, 6) is 6.47. The van der Waals surface area contributed by atoms with Crippen LogP contribution < -0.4 is 0 Å². The third-order valence-electron chi connectivity index (χ3n) is 11.1. The van der Waals surface area contributed by atoms with E-state index in [1.165, 1.54) is 25.7 Å². The van der Waals surface area contributed by atoms with Gasteiger partial charge in [0.15, 0.2) is 0 Å². The second-order valence-corrected chi connectivity index (χ2v) is 13.1. The van der Waals surface area contributed by atoms with Crippen molar-refractivity contribution in [3.63, 3.8) is 0 Å². The van der Waals surface area contributed by atoms with Gasteiger partial charge in [-0.25, -0.2) is 0 Å². The van der Waals surface area contributed by atoms with E-state index in [1.54, 1.807) is 89.9 Å². The Bertz CT molecular complexity index is 444. The predicted octanol–water partition coefficient (Wildman–Crippen LogP) is 8.79. The van der Waals surface area contributed by atoms with Crippen LogP contribution in [-0.2, 0) is 0 Å². The summed E-state index contributed by atoms with van der Waals surface area (Å²) >= 11 is 0. The molecule has 0 atom stereocenters. The Hall–Kier alpha value is 0. The monoisotopic (exact) mass is 384 g/mol. The Balaban J connectivity index is 1.07. The molecule has 0 aromatic carbocycles. The van der Waals surface area contributed by atoms with E-state index in [9.17, 15) is 0 Å². The van der Waals surface area contributed by atoms with Crippen molar-refractivity contribution in [3.05, 3.63) is 0 Å². The van der Waals surface area contributed by atoms with Gasteiger partial charge in [-0.1, -0.05) is 39.5 Å². The van der Waals surface area contributed by atoms with E-state index in [4.69, 9.17) is 0 Å². The Morgan fingerprint density at radius 1 is 0.393 bits per heavy atom. The van der Waals surface area contributed by atoms with E-state index >= 15 is 0 Å². The molecular weight excluding hydrogens is 336 g/mol. The lowest BCUT2D eigenvalue weighted by Gasteiger charge is -2.62. The lowest BCUT2D eigenvalue weighted by Crippen LogP contribution is -2.50. The maximum atomic E-state index is 2.48. The molecule has 28 heavy (non-hydrogen) atoms. The van der Waals surface area contributed by atoms with E-state index in [1.807, 2.05) is 0 Å². The molecule has 0 N–H and O–H groups in total. The Kier molecular flexibility index (Phi) is 5.64. The van der Waals surface area contributed by atoms with Gasteiger partial charge >= 0.3 is 0 Å². The van der Waals surface area contributed by atoms with Crippen LogP contribution in [-0.4, -0.2) is 0 Å². The van der Waals surface area contributed by atoms with Crippen LogP contribution in [0.3, 0.4) is 0 Å². The lowest BCUT2D eigenvalue weighted by atomic mass is 9.43. The topological polar surface area (TPSA) is 0 Å². The van der Waals surface area contributed by atoms with Gasteiger partial charge in [0.25, 0.3) is 0 Å². The average molecular weight is 385 g/mol. The summed E-state index contributed by atoms with van der Waals surface area (Å²) in [5, 5.41) is 0. The molecule has 0 heteroatoms. The molecule has 5 rings (SSSR count). The smallest absolute Gasteiger partial charge is 0.0287 e. The molecule has 0 saturated heterocycles. The minimum Gasteiger partial charge on any atom is -0.0625 e. The molecule has 0 aromatic rings. The van der Waals surface area contributed by atoms with Gasteiger partial charge in [0.05, 0.1) is 0 Å².